The van der Waals surface area contributed by atoms with Gasteiger partial charge in [-0.15, -0.1) is 0 Å². The molecule has 1 aromatic heterocycles. The Labute approximate surface area is 110 Å². The highest BCUT2D eigenvalue weighted by Crippen LogP contribution is 2.23. The Bertz CT molecular complexity index is 415. The first-order valence-corrected chi connectivity index (χ1v) is 6.15. The van der Waals surface area contributed by atoms with Crippen molar-refractivity contribution in [2.75, 3.05) is 25.1 Å². The summed E-state index contributed by atoms with van der Waals surface area (Å²) in [5.74, 6) is 0.371. The van der Waals surface area contributed by atoms with Crippen LogP contribution in [0.5, 0.6) is 0 Å². The Hall–Kier alpha value is -1.11. The van der Waals surface area contributed by atoms with Gasteiger partial charge in [-0.25, -0.2) is 0 Å². The number of nitrogens with one attached hydrogen (secondary N) is 1. The van der Waals surface area contributed by atoms with Gasteiger partial charge < -0.3 is 19.3 Å². The van der Waals surface area contributed by atoms with E-state index in [4.69, 9.17) is 25.6 Å². The maximum Gasteiger partial charge on any atom is 0.251 e. The topological polar surface area (TPSA) is 73.6 Å². The molecule has 1 unspecified atom stereocenters. The van der Waals surface area contributed by atoms with Crippen molar-refractivity contribution in [3.05, 3.63) is 10.8 Å². The molecule has 1 amide bonds. The van der Waals surface area contributed by atoms with Crippen molar-refractivity contribution in [1.29, 1.82) is 0 Å². The predicted molar refractivity (Wildman–Crippen MR) is 64.7 cm³/mol. The number of nitrogens with zero attached hydrogens (tertiary/aromatic N) is 1. The molecule has 0 aliphatic carbocycles. The van der Waals surface area contributed by atoms with Crippen LogP contribution in [0, 0.1) is 6.92 Å². The zero-order valence-corrected chi connectivity index (χ0v) is 10.8. The lowest BCUT2D eigenvalue weighted by molar-refractivity contribution is -0.121. The van der Waals surface area contributed by atoms with Crippen LogP contribution in [-0.4, -0.2) is 37.0 Å². The third-order valence-corrected chi connectivity index (χ3v) is 3.05. The van der Waals surface area contributed by atoms with E-state index in [0.717, 1.165) is 19.4 Å². The Morgan fingerprint density at radius 1 is 1.67 bits per heavy atom. The molecule has 18 heavy (non-hydrogen) atoms. The fourth-order valence-corrected chi connectivity index (χ4v) is 1.78. The summed E-state index contributed by atoms with van der Waals surface area (Å²) >= 11 is 5.86. The quantitative estimate of drug-likeness (QED) is 0.886. The van der Waals surface area contributed by atoms with E-state index in [0.29, 0.717) is 17.4 Å². The smallest absolute Gasteiger partial charge is 0.251 e. The molecule has 100 valence electrons. The number of amides is 1. The van der Waals surface area contributed by atoms with Gasteiger partial charge in [-0.3, -0.25) is 4.79 Å². The molecular weight excluding hydrogens is 260 g/mol. The lowest BCUT2D eigenvalue weighted by atomic mass is 10.2. The van der Waals surface area contributed by atoms with Crippen molar-refractivity contribution in [3.8, 4) is 0 Å². The second-order valence-electron chi connectivity index (χ2n) is 4.10. The molecule has 0 saturated carbocycles. The molecule has 2 rings (SSSR count). The highest BCUT2D eigenvalue weighted by Gasteiger charge is 2.17. The van der Waals surface area contributed by atoms with E-state index in [1.807, 2.05) is 0 Å². The van der Waals surface area contributed by atoms with E-state index >= 15 is 0 Å². The van der Waals surface area contributed by atoms with Crippen LogP contribution in [0.3, 0.4) is 0 Å². The van der Waals surface area contributed by atoms with E-state index in [1.54, 1.807) is 6.92 Å². The van der Waals surface area contributed by atoms with Gasteiger partial charge in [-0.2, -0.15) is 0 Å². The van der Waals surface area contributed by atoms with Crippen LogP contribution in [0.15, 0.2) is 4.52 Å². The van der Waals surface area contributed by atoms with Crippen LogP contribution in [0.4, 0.5) is 5.82 Å². The van der Waals surface area contributed by atoms with Crippen LogP contribution >= 0.6 is 11.6 Å². The third kappa shape index (κ3) is 3.44. The summed E-state index contributed by atoms with van der Waals surface area (Å²) < 4.78 is 15.5. The monoisotopic (exact) mass is 274 g/mol. The van der Waals surface area contributed by atoms with Crippen molar-refractivity contribution in [3.63, 3.8) is 0 Å². The zero-order valence-electron chi connectivity index (χ0n) is 10.1. The molecule has 0 bridgehead atoms. The van der Waals surface area contributed by atoms with Gasteiger partial charge >= 0.3 is 0 Å². The van der Waals surface area contributed by atoms with Crippen molar-refractivity contribution in [2.24, 2.45) is 0 Å². The molecule has 0 aromatic carbocycles. The lowest BCUT2D eigenvalue weighted by Crippen LogP contribution is -2.22. The third-order valence-electron chi connectivity index (χ3n) is 2.61. The minimum atomic E-state index is -0.316. The second-order valence-corrected chi connectivity index (χ2v) is 4.48. The highest BCUT2D eigenvalue weighted by molar-refractivity contribution is 6.33. The Balaban J connectivity index is 1.70. The zero-order chi connectivity index (χ0) is 13.0. The van der Waals surface area contributed by atoms with Crippen molar-refractivity contribution < 1.29 is 18.8 Å². The Morgan fingerprint density at radius 3 is 3.11 bits per heavy atom. The summed E-state index contributed by atoms with van der Waals surface area (Å²) in [5, 5.41) is 6.44. The summed E-state index contributed by atoms with van der Waals surface area (Å²) in [6.07, 6.45) is 2.14. The van der Waals surface area contributed by atoms with Gasteiger partial charge in [-0.1, -0.05) is 16.8 Å². The maximum absolute atomic E-state index is 11.5. The van der Waals surface area contributed by atoms with Gasteiger partial charge in [0.1, 0.15) is 11.6 Å². The predicted octanol–water partition coefficient (Wildman–Crippen LogP) is 1.77. The van der Waals surface area contributed by atoms with Gasteiger partial charge in [-0.05, 0) is 19.8 Å². The summed E-state index contributed by atoms with van der Waals surface area (Å²) in [5.41, 5.74) is 0. The molecule has 2 heterocycles. The average Bonchev–Trinajstić information content (AvgIpc) is 2.95. The summed E-state index contributed by atoms with van der Waals surface area (Å²) in [6.45, 7) is 2.81. The highest BCUT2D eigenvalue weighted by atomic mass is 35.5. The molecule has 0 radical (unpaired) electrons. The van der Waals surface area contributed by atoms with Crippen molar-refractivity contribution in [1.82, 2.24) is 5.16 Å². The van der Waals surface area contributed by atoms with Crippen LogP contribution in [0.1, 0.15) is 18.6 Å². The number of aryl methyl sites for hydroxylation is 1. The fraction of sp³-hybridized carbons (Fsp3) is 0.636. The number of carbonyl (C=O) groups is 1. The molecule has 7 heteroatoms. The van der Waals surface area contributed by atoms with Crippen LogP contribution in [0.25, 0.3) is 0 Å². The molecule has 1 saturated heterocycles. The van der Waals surface area contributed by atoms with Gasteiger partial charge in [0, 0.05) is 6.61 Å². The number of rotatable bonds is 5. The molecule has 1 N–H and O–H groups in total. The van der Waals surface area contributed by atoms with E-state index in [1.165, 1.54) is 0 Å². The molecule has 1 aliphatic rings. The van der Waals surface area contributed by atoms with E-state index in [9.17, 15) is 4.79 Å². The number of carbonyl (C=O) groups excluding carboxylic acids is 1. The Morgan fingerprint density at radius 2 is 2.50 bits per heavy atom. The van der Waals surface area contributed by atoms with E-state index in [2.05, 4.69) is 10.5 Å². The number of hydrogen-bond donors (Lipinski definition) is 1. The first kappa shape index (κ1) is 13.3. The SMILES string of the molecule is Cc1onc(NC(=O)COCC2CCCO2)c1Cl. The Kier molecular flexibility index (Phi) is 4.57. The van der Waals surface area contributed by atoms with Crippen LogP contribution in [-0.2, 0) is 14.3 Å². The normalized spacial score (nSPS) is 19.1. The van der Waals surface area contributed by atoms with E-state index in [-0.39, 0.29) is 24.4 Å². The molecule has 0 spiro atoms. The number of ether oxygens (including phenoxy) is 2. The molecule has 1 atom stereocenters. The standard InChI is InChI=1S/C11H15ClN2O4/c1-7-10(12)11(14-18-7)13-9(15)6-16-5-8-3-2-4-17-8/h8H,2-6H2,1H3,(H,13,14,15). The number of aromatic nitrogens is 1. The first-order chi connectivity index (χ1) is 8.66. The second kappa shape index (κ2) is 6.17. The van der Waals surface area contributed by atoms with Crippen molar-refractivity contribution in [2.45, 2.75) is 25.9 Å². The molecule has 1 aliphatic heterocycles. The summed E-state index contributed by atoms with van der Waals surface area (Å²) in [7, 11) is 0. The summed E-state index contributed by atoms with van der Waals surface area (Å²) in [4.78, 5) is 11.5. The minimum absolute atomic E-state index is 0.0535. The number of anilines is 1. The molecular formula is C11H15ClN2O4. The van der Waals surface area contributed by atoms with Gasteiger partial charge in [0.15, 0.2) is 11.6 Å². The minimum Gasteiger partial charge on any atom is -0.376 e. The summed E-state index contributed by atoms with van der Waals surface area (Å²) in [6, 6.07) is 0. The molecule has 6 nitrogen and oxygen atoms in total. The van der Waals surface area contributed by atoms with E-state index < -0.39 is 0 Å². The first-order valence-electron chi connectivity index (χ1n) is 5.78. The van der Waals surface area contributed by atoms with Gasteiger partial charge in [0.05, 0.1) is 12.7 Å². The van der Waals surface area contributed by atoms with Gasteiger partial charge in [0.25, 0.3) is 5.91 Å². The lowest BCUT2D eigenvalue weighted by Gasteiger charge is -2.09. The number of hydrogen-bond acceptors (Lipinski definition) is 5. The fourth-order valence-electron chi connectivity index (χ4n) is 1.67. The molecule has 1 fully saturated rings. The maximum atomic E-state index is 11.5. The van der Waals surface area contributed by atoms with Gasteiger partial charge in [0.2, 0.25) is 0 Å². The van der Waals surface area contributed by atoms with Crippen LogP contribution < -0.4 is 5.32 Å². The largest absolute Gasteiger partial charge is 0.376 e. The van der Waals surface area contributed by atoms with Crippen molar-refractivity contribution >= 4 is 23.3 Å². The molecule has 1 aromatic rings. The number of halogens is 1. The van der Waals surface area contributed by atoms with Crippen LogP contribution in [0.2, 0.25) is 5.02 Å². The average molecular weight is 275 g/mol.